The van der Waals surface area contributed by atoms with E-state index in [9.17, 15) is 4.79 Å². The molecule has 5 heteroatoms. The van der Waals surface area contributed by atoms with E-state index in [1.54, 1.807) is 0 Å². The van der Waals surface area contributed by atoms with Crippen LogP contribution in [0.4, 0.5) is 0 Å². The Labute approximate surface area is 109 Å². The van der Waals surface area contributed by atoms with Crippen molar-refractivity contribution in [3.05, 3.63) is 0 Å². The number of hydrogen-bond donors (Lipinski definition) is 2. The fourth-order valence-electron chi connectivity index (χ4n) is 2.58. The van der Waals surface area contributed by atoms with Crippen LogP contribution in [-0.2, 0) is 9.53 Å². The van der Waals surface area contributed by atoms with Gasteiger partial charge in [0.05, 0.1) is 6.54 Å². The lowest BCUT2D eigenvalue weighted by Crippen LogP contribution is -2.45. The molecule has 2 rings (SSSR count). The van der Waals surface area contributed by atoms with Crippen molar-refractivity contribution < 1.29 is 9.53 Å². The molecule has 2 heterocycles. The molecule has 0 aromatic rings. The van der Waals surface area contributed by atoms with Gasteiger partial charge in [0, 0.05) is 38.9 Å². The lowest BCUT2D eigenvalue weighted by atomic mass is 10.0. The summed E-state index contributed by atoms with van der Waals surface area (Å²) in [4.78, 5) is 14.0. The predicted molar refractivity (Wildman–Crippen MR) is 70.2 cm³/mol. The highest BCUT2D eigenvalue weighted by molar-refractivity contribution is 5.78. The molecule has 0 aromatic heterocycles. The highest BCUT2D eigenvalue weighted by Gasteiger charge is 2.19. The number of hydrogen-bond acceptors (Lipinski definition) is 4. The summed E-state index contributed by atoms with van der Waals surface area (Å²) in [7, 11) is 0. The Morgan fingerprint density at radius 3 is 2.56 bits per heavy atom. The number of nitrogens with zero attached hydrogens (tertiary/aromatic N) is 1. The third-order valence-corrected chi connectivity index (χ3v) is 3.93. The van der Waals surface area contributed by atoms with Crippen LogP contribution in [0.1, 0.15) is 25.7 Å². The summed E-state index contributed by atoms with van der Waals surface area (Å²) in [5.74, 6) is 0.745. The minimum absolute atomic E-state index is 0.150. The summed E-state index contributed by atoms with van der Waals surface area (Å²) in [6.45, 7) is 4.90. The number of likely N-dealkylation sites (tertiary alicyclic amines) is 1. The van der Waals surface area contributed by atoms with E-state index in [1.807, 2.05) is 0 Å². The van der Waals surface area contributed by atoms with E-state index in [4.69, 9.17) is 10.5 Å². The first kappa shape index (κ1) is 13.8. The van der Waals surface area contributed by atoms with Crippen molar-refractivity contribution in [3.63, 3.8) is 0 Å². The minimum Gasteiger partial charge on any atom is -0.381 e. The maximum absolute atomic E-state index is 11.8. The maximum atomic E-state index is 11.8. The van der Waals surface area contributed by atoms with Gasteiger partial charge in [-0.25, -0.2) is 0 Å². The predicted octanol–water partition coefficient (Wildman–Crippen LogP) is -0.0477. The average molecular weight is 255 g/mol. The lowest BCUT2D eigenvalue weighted by molar-refractivity contribution is -0.122. The first-order valence-electron chi connectivity index (χ1n) is 7.06. The van der Waals surface area contributed by atoms with Gasteiger partial charge in [-0.15, -0.1) is 0 Å². The summed E-state index contributed by atoms with van der Waals surface area (Å²) in [5, 5.41) is 3.04. The molecule has 0 atom stereocenters. The molecule has 2 aliphatic heterocycles. The molecule has 2 fully saturated rings. The van der Waals surface area contributed by atoms with E-state index < -0.39 is 0 Å². The van der Waals surface area contributed by atoms with Crippen LogP contribution in [0, 0.1) is 5.92 Å². The van der Waals surface area contributed by atoms with Gasteiger partial charge in [0.15, 0.2) is 0 Å². The quantitative estimate of drug-likeness (QED) is 0.739. The third-order valence-electron chi connectivity index (χ3n) is 3.93. The van der Waals surface area contributed by atoms with Crippen LogP contribution >= 0.6 is 0 Å². The molecule has 18 heavy (non-hydrogen) atoms. The first-order valence-corrected chi connectivity index (χ1v) is 7.06. The summed E-state index contributed by atoms with van der Waals surface area (Å²) < 4.78 is 5.31. The SMILES string of the molecule is NC1CCN(CC(=O)NCC2CCOCC2)CC1. The minimum atomic E-state index is 0.150. The highest BCUT2D eigenvalue weighted by Crippen LogP contribution is 2.13. The summed E-state index contributed by atoms with van der Waals surface area (Å²) in [5.41, 5.74) is 5.84. The van der Waals surface area contributed by atoms with Crippen LogP contribution in [0.25, 0.3) is 0 Å². The van der Waals surface area contributed by atoms with E-state index in [2.05, 4.69) is 10.2 Å². The van der Waals surface area contributed by atoms with Gasteiger partial charge in [-0.3, -0.25) is 9.69 Å². The molecule has 0 aromatic carbocycles. The van der Waals surface area contributed by atoms with Crippen LogP contribution < -0.4 is 11.1 Å². The Bertz CT molecular complexity index is 259. The number of nitrogens with two attached hydrogens (primary N) is 1. The lowest BCUT2D eigenvalue weighted by Gasteiger charge is -2.29. The van der Waals surface area contributed by atoms with Crippen LogP contribution in [0.15, 0.2) is 0 Å². The van der Waals surface area contributed by atoms with Gasteiger partial charge in [0.25, 0.3) is 0 Å². The van der Waals surface area contributed by atoms with Crippen LogP contribution in [0.5, 0.6) is 0 Å². The van der Waals surface area contributed by atoms with Crippen molar-refractivity contribution >= 4 is 5.91 Å². The number of carbonyl (C=O) groups excluding carboxylic acids is 1. The maximum Gasteiger partial charge on any atom is 0.234 e. The van der Waals surface area contributed by atoms with Gasteiger partial charge in [-0.2, -0.15) is 0 Å². The monoisotopic (exact) mass is 255 g/mol. The Morgan fingerprint density at radius 2 is 1.89 bits per heavy atom. The standard InChI is InChI=1S/C13H25N3O2/c14-12-1-5-16(6-2-12)10-13(17)15-9-11-3-7-18-8-4-11/h11-12H,1-10,14H2,(H,15,17). The zero-order valence-electron chi connectivity index (χ0n) is 11.1. The third kappa shape index (κ3) is 4.55. The molecule has 1 amide bonds. The molecule has 0 aliphatic carbocycles. The molecule has 3 N–H and O–H groups in total. The Hall–Kier alpha value is -0.650. The fraction of sp³-hybridized carbons (Fsp3) is 0.923. The van der Waals surface area contributed by atoms with Crippen LogP contribution in [0.2, 0.25) is 0 Å². The first-order chi connectivity index (χ1) is 8.74. The van der Waals surface area contributed by atoms with E-state index >= 15 is 0 Å². The van der Waals surface area contributed by atoms with E-state index in [-0.39, 0.29) is 5.91 Å². The zero-order valence-corrected chi connectivity index (χ0v) is 11.1. The molecule has 0 spiro atoms. The van der Waals surface area contributed by atoms with Gasteiger partial charge in [0.1, 0.15) is 0 Å². The molecule has 0 radical (unpaired) electrons. The van der Waals surface area contributed by atoms with Crippen molar-refractivity contribution in [2.24, 2.45) is 11.7 Å². The molecular weight excluding hydrogens is 230 g/mol. The molecule has 2 aliphatic rings. The highest BCUT2D eigenvalue weighted by atomic mass is 16.5. The Balaban J connectivity index is 1.59. The summed E-state index contributed by atoms with van der Waals surface area (Å²) in [6.07, 6.45) is 4.15. The number of piperidine rings is 1. The Kier molecular flexibility index (Phi) is 5.41. The molecule has 0 saturated carbocycles. The zero-order chi connectivity index (χ0) is 12.8. The number of ether oxygens (including phenoxy) is 1. The van der Waals surface area contributed by atoms with Crippen LogP contribution in [-0.4, -0.2) is 56.2 Å². The van der Waals surface area contributed by atoms with E-state index in [1.165, 1.54) is 0 Å². The molecule has 5 nitrogen and oxygen atoms in total. The Morgan fingerprint density at radius 1 is 1.22 bits per heavy atom. The van der Waals surface area contributed by atoms with Gasteiger partial charge >= 0.3 is 0 Å². The van der Waals surface area contributed by atoms with Gasteiger partial charge < -0.3 is 15.8 Å². The molecule has 0 bridgehead atoms. The second-order valence-electron chi connectivity index (χ2n) is 5.47. The van der Waals surface area contributed by atoms with Crippen molar-refractivity contribution in [1.82, 2.24) is 10.2 Å². The normalized spacial score (nSPS) is 24.1. The largest absolute Gasteiger partial charge is 0.381 e. The van der Waals surface area contributed by atoms with Crippen LogP contribution in [0.3, 0.4) is 0 Å². The second-order valence-corrected chi connectivity index (χ2v) is 5.47. The smallest absolute Gasteiger partial charge is 0.234 e. The fourth-order valence-corrected chi connectivity index (χ4v) is 2.58. The molecule has 2 saturated heterocycles. The summed E-state index contributed by atoms with van der Waals surface area (Å²) >= 11 is 0. The molecule has 104 valence electrons. The van der Waals surface area contributed by atoms with E-state index in [0.29, 0.717) is 18.5 Å². The van der Waals surface area contributed by atoms with Crippen molar-refractivity contribution in [2.75, 3.05) is 39.4 Å². The number of amides is 1. The van der Waals surface area contributed by atoms with Crippen molar-refractivity contribution in [3.8, 4) is 0 Å². The van der Waals surface area contributed by atoms with E-state index in [0.717, 1.165) is 58.5 Å². The number of rotatable bonds is 4. The summed E-state index contributed by atoms with van der Waals surface area (Å²) in [6, 6.07) is 0.326. The van der Waals surface area contributed by atoms with Gasteiger partial charge in [-0.05, 0) is 31.6 Å². The van der Waals surface area contributed by atoms with Gasteiger partial charge in [-0.1, -0.05) is 0 Å². The number of carbonyl (C=O) groups is 1. The second kappa shape index (κ2) is 7.07. The molecule has 0 unspecified atom stereocenters. The topological polar surface area (TPSA) is 67.6 Å². The van der Waals surface area contributed by atoms with Gasteiger partial charge in [0.2, 0.25) is 5.91 Å². The average Bonchev–Trinajstić information content (AvgIpc) is 2.40. The van der Waals surface area contributed by atoms with Crippen molar-refractivity contribution in [2.45, 2.75) is 31.7 Å². The number of nitrogens with one attached hydrogen (secondary N) is 1. The van der Waals surface area contributed by atoms with Crippen molar-refractivity contribution in [1.29, 1.82) is 0 Å². The molecular formula is C13H25N3O2.